The van der Waals surface area contributed by atoms with E-state index < -0.39 is 18.6 Å². The molecule has 17 heavy (non-hydrogen) atoms. The number of halogens is 3. The highest BCUT2D eigenvalue weighted by Crippen LogP contribution is 2.26. The average molecular weight is 255 g/mol. The van der Waals surface area contributed by atoms with Crippen molar-refractivity contribution in [1.82, 2.24) is 5.32 Å². The van der Waals surface area contributed by atoms with Crippen LogP contribution in [0.1, 0.15) is 39.5 Å². The maximum absolute atomic E-state index is 11.8. The van der Waals surface area contributed by atoms with Gasteiger partial charge < -0.3 is 10.4 Å². The summed E-state index contributed by atoms with van der Waals surface area (Å²) in [5, 5.41) is 11.3. The van der Waals surface area contributed by atoms with Crippen molar-refractivity contribution in [3.8, 4) is 0 Å². The van der Waals surface area contributed by atoms with Crippen molar-refractivity contribution in [3.05, 3.63) is 0 Å². The molecule has 0 aromatic carbocycles. The Morgan fingerprint density at radius 1 is 1.12 bits per heavy atom. The van der Waals surface area contributed by atoms with E-state index in [2.05, 4.69) is 5.32 Å². The maximum atomic E-state index is 11.8. The standard InChI is InChI=1S/C11H20F3NO2/c1-10(2,4-3-9(16)17)5-7-15-8-6-11(12,13)14/h15H,3-8H2,1-2H3,(H,16,17). The van der Waals surface area contributed by atoms with Gasteiger partial charge in [-0.25, -0.2) is 0 Å². The number of nitrogens with one attached hydrogen (secondary N) is 1. The summed E-state index contributed by atoms with van der Waals surface area (Å²) in [6, 6.07) is 0. The van der Waals surface area contributed by atoms with Crippen molar-refractivity contribution in [2.24, 2.45) is 5.41 Å². The van der Waals surface area contributed by atoms with Crippen LogP contribution in [-0.4, -0.2) is 30.3 Å². The smallest absolute Gasteiger partial charge is 0.390 e. The number of hydrogen-bond acceptors (Lipinski definition) is 2. The lowest BCUT2D eigenvalue weighted by Gasteiger charge is -2.23. The molecule has 6 heteroatoms. The summed E-state index contributed by atoms with van der Waals surface area (Å²) in [6.07, 6.45) is -3.66. The van der Waals surface area contributed by atoms with Crippen LogP contribution in [0.5, 0.6) is 0 Å². The van der Waals surface area contributed by atoms with E-state index in [9.17, 15) is 18.0 Å². The molecule has 0 fully saturated rings. The lowest BCUT2D eigenvalue weighted by atomic mass is 9.84. The van der Waals surface area contributed by atoms with Crippen LogP contribution >= 0.6 is 0 Å². The molecule has 0 amide bonds. The van der Waals surface area contributed by atoms with E-state index in [1.807, 2.05) is 13.8 Å². The summed E-state index contributed by atoms with van der Waals surface area (Å²) in [5.74, 6) is -0.844. The van der Waals surface area contributed by atoms with E-state index in [4.69, 9.17) is 5.11 Å². The molecule has 0 rings (SSSR count). The van der Waals surface area contributed by atoms with Crippen LogP contribution in [0.15, 0.2) is 0 Å². The molecule has 0 aromatic rings. The first-order valence-corrected chi connectivity index (χ1v) is 5.62. The van der Waals surface area contributed by atoms with Gasteiger partial charge in [0, 0.05) is 13.0 Å². The fourth-order valence-corrected chi connectivity index (χ4v) is 1.35. The van der Waals surface area contributed by atoms with E-state index in [1.165, 1.54) is 0 Å². The Morgan fingerprint density at radius 2 is 1.65 bits per heavy atom. The minimum absolute atomic E-state index is 0.0848. The third-order valence-corrected chi connectivity index (χ3v) is 2.58. The van der Waals surface area contributed by atoms with Crippen molar-refractivity contribution in [2.75, 3.05) is 13.1 Å². The second-order valence-electron chi connectivity index (χ2n) is 4.92. The minimum Gasteiger partial charge on any atom is -0.481 e. The van der Waals surface area contributed by atoms with Crippen LogP contribution in [0.25, 0.3) is 0 Å². The van der Waals surface area contributed by atoms with Crippen LogP contribution in [0.3, 0.4) is 0 Å². The van der Waals surface area contributed by atoms with Gasteiger partial charge in [-0.2, -0.15) is 13.2 Å². The molecule has 0 saturated heterocycles. The van der Waals surface area contributed by atoms with Gasteiger partial charge in [0.1, 0.15) is 0 Å². The SMILES string of the molecule is CC(C)(CCNCCC(F)(F)F)CCC(=O)O. The highest BCUT2D eigenvalue weighted by molar-refractivity contribution is 5.66. The van der Waals surface area contributed by atoms with Gasteiger partial charge in [-0.15, -0.1) is 0 Å². The third kappa shape index (κ3) is 11.5. The number of carboxylic acid groups (broad SMARTS) is 1. The molecule has 0 aliphatic rings. The maximum Gasteiger partial charge on any atom is 0.390 e. The molecule has 0 unspecified atom stereocenters. The largest absolute Gasteiger partial charge is 0.481 e. The van der Waals surface area contributed by atoms with Crippen LogP contribution in [0.4, 0.5) is 13.2 Å². The first-order chi connectivity index (χ1) is 7.62. The Morgan fingerprint density at radius 3 is 2.12 bits per heavy atom. The van der Waals surface area contributed by atoms with Gasteiger partial charge in [0.25, 0.3) is 0 Å². The van der Waals surface area contributed by atoms with E-state index in [-0.39, 0.29) is 18.4 Å². The summed E-state index contributed by atoms with van der Waals surface area (Å²) in [4.78, 5) is 10.4. The van der Waals surface area contributed by atoms with Crippen molar-refractivity contribution in [3.63, 3.8) is 0 Å². The van der Waals surface area contributed by atoms with Crippen molar-refractivity contribution in [1.29, 1.82) is 0 Å². The first-order valence-electron chi connectivity index (χ1n) is 5.62. The van der Waals surface area contributed by atoms with E-state index in [0.717, 1.165) is 0 Å². The molecule has 0 aliphatic heterocycles. The number of carboxylic acids is 1. The lowest BCUT2D eigenvalue weighted by molar-refractivity contribution is -0.138. The number of carbonyl (C=O) groups is 1. The Labute approximate surface area is 99.4 Å². The number of alkyl halides is 3. The highest BCUT2D eigenvalue weighted by atomic mass is 19.4. The summed E-state index contributed by atoms with van der Waals surface area (Å²) in [5.41, 5.74) is -0.163. The Hall–Kier alpha value is -0.780. The second kappa shape index (κ2) is 6.83. The average Bonchev–Trinajstić information content (AvgIpc) is 2.12. The van der Waals surface area contributed by atoms with Crippen molar-refractivity contribution >= 4 is 5.97 Å². The van der Waals surface area contributed by atoms with Gasteiger partial charge >= 0.3 is 12.1 Å². The number of aliphatic carboxylic acids is 1. The molecular weight excluding hydrogens is 235 g/mol. The zero-order valence-electron chi connectivity index (χ0n) is 10.2. The summed E-state index contributed by atoms with van der Waals surface area (Å²) in [7, 11) is 0. The topological polar surface area (TPSA) is 49.3 Å². The van der Waals surface area contributed by atoms with Gasteiger partial charge in [-0.1, -0.05) is 13.8 Å². The van der Waals surface area contributed by atoms with Crippen LogP contribution in [0.2, 0.25) is 0 Å². The van der Waals surface area contributed by atoms with E-state index >= 15 is 0 Å². The van der Waals surface area contributed by atoms with Gasteiger partial charge in [0.05, 0.1) is 6.42 Å². The quantitative estimate of drug-likeness (QED) is 0.656. The van der Waals surface area contributed by atoms with Crippen LogP contribution in [0, 0.1) is 5.41 Å². The molecule has 2 N–H and O–H groups in total. The fraction of sp³-hybridized carbons (Fsp3) is 0.909. The molecule has 0 heterocycles. The molecule has 0 aliphatic carbocycles. The highest BCUT2D eigenvalue weighted by Gasteiger charge is 2.26. The van der Waals surface area contributed by atoms with Gasteiger partial charge in [0.2, 0.25) is 0 Å². The molecule has 0 spiro atoms. The van der Waals surface area contributed by atoms with E-state index in [1.54, 1.807) is 0 Å². The Balaban J connectivity index is 3.62. The molecule has 0 radical (unpaired) electrons. The summed E-state index contributed by atoms with van der Waals surface area (Å²) in [6.45, 7) is 4.23. The summed E-state index contributed by atoms with van der Waals surface area (Å²) >= 11 is 0. The van der Waals surface area contributed by atoms with Gasteiger partial charge in [0.15, 0.2) is 0 Å². The number of rotatable bonds is 8. The van der Waals surface area contributed by atoms with Crippen molar-refractivity contribution < 1.29 is 23.1 Å². The molecule has 0 aromatic heterocycles. The van der Waals surface area contributed by atoms with E-state index in [0.29, 0.717) is 19.4 Å². The zero-order valence-corrected chi connectivity index (χ0v) is 10.2. The predicted molar refractivity (Wildman–Crippen MR) is 58.8 cm³/mol. The fourth-order valence-electron chi connectivity index (χ4n) is 1.35. The summed E-state index contributed by atoms with van der Waals surface area (Å²) < 4.78 is 35.5. The van der Waals surface area contributed by atoms with Crippen molar-refractivity contribution in [2.45, 2.75) is 45.7 Å². The second-order valence-corrected chi connectivity index (χ2v) is 4.92. The van der Waals surface area contributed by atoms with Crippen LogP contribution in [-0.2, 0) is 4.79 Å². The normalized spacial score (nSPS) is 12.8. The molecule has 102 valence electrons. The predicted octanol–water partition coefficient (Wildman–Crippen LogP) is 2.81. The molecule has 0 atom stereocenters. The Kier molecular flexibility index (Phi) is 6.52. The third-order valence-electron chi connectivity index (χ3n) is 2.58. The minimum atomic E-state index is -4.12. The molecule has 3 nitrogen and oxygen atoms in total. The van der Waals surface area contributed by atoms with Gasteiger partial charge in [-0.3, -0.25) is 4.79 Å². The monoisotopic (exact) mass is 255 g/mol. The zero-order chi connectivity index (χ0) is 13.5. The number of hydrogen-bond donors (Lipinski definition) is 2. The first kappa shape index (κ1) is 16.2. The Bertz CT molecular complexity index is 239. The lowest BCUT2D eigenvalue weighted by Crippen LogP contribution is -2.26. The molecule has 0 bridgehead atoms. The van der Waals surface area contributed by atoms with Gasteiger partial charge in [-0.05, 0) is 24.8 Å². The molecular formula is C11H20F3NO2. The molecule has 0 saturated carbocycles. The van der Waals surface area contributed by atoms with Crippen LogP contribution < -0.4 is 5.32 Å².